The zero-order chi connectivity index (χ0) is 26.3. The van der Waals surface area contributed by atoms with Crippen molar-refractivity contribution < 1.29 is 46.9 Å². The first kappa shape index (κ1) is 29.9. The van der Waals surface area contributed by atoms with E-state index < -0.39 is 22.1 Å². The van der Waals surface area contributed by atoms with Crippen LogP contribution in [0.5, 0.6) is 23.0 Å². The SMILES string of the molecule is COCCOc1ccc(OCC(O)CNCCOc2ccc(O)c(C(N)=O)c2)cc1.CS(=O)(=O)O. The molecule has 0 aliphatic carbocycles. The fraction of sp³-hybridized carbons (Fsp3) is 0.409. The highest BCUT2D eigenvalue weighted by molar-refractivity contribution is 7.85. The Hall–Kier alpha value is -3.10. The zero-order valence-corrected chi connectivity index (χ0v) is 20.4. The van der Waals surface area contributed by atoms with E-state index in [1.807, 2.05) is 0 Å². The van der Waals surface area contributed by atoms with Crippen LogP contribution >= 0.6 is 0 Å². The van der Waals surface area contributed by atoms with Gasteiger partial charge in [-0.2, -0.15) is 8.42 Å². The first-order valence-corrected chi connectivity index (χ1v) is 12.3. The number of aromatic hydroxyl groups is 1. The van der Waals surface area contributed by atoms with Gasteiger partial charge in [0.1, 0.15) is 48.9 Å². The molecular formula is C22H32N2O10S. The summed E-state index contributed by atoms with van der Waals surface area (Å²) in [7, 11) is -2.05. The van der Waals surface area contributed by atoms with E-state index in [9.17, 15) is 23.4 Å². The Bertz CT molecular complexity index is 992. The van der Waals surface area contributed by atoms with Crippen LogP contribution in [0.15, 0.2) is 42.5 Å². The number of carbonyl (C=O) groups is 1. The number of amides is 1. The third kappa shape index (κ3) is 14.7. The van der Waals surface area contributed by atoms with Crippen molar-refractivity contribution in [3.8, 4) is 23.0 Å². The van der Waals surface area contributed by atoms with Crippen molar-refractivity contribution in [3.05, 3.63) is 48.0 Å². The summed E-state index contributed by atoms with van der Waals surface area (Å²) in [5, 5.41) is 22.6. The van der Waals surface area contributed by atoms with E-state index in [1.165, 1.54) is 12.1 Å². The normalized spacial score (nSPS) is 11.7. The van der Waals surface area contributed by atoms with Crippen molar-refractivity contribution in [2.75, 3.05) is 52.9 Å². The molecule has 1 amide bonds. The molecule has 13 heteroatoms. The van der Waals surface area contributed by atoms with Gasteiger partial charge in [-0.1, -0.05) is 0 Å². The second-order valence-corrected chi connectivity index (χ2v) is 8.57. The summed E-state index contributed by atoms with van der Waals surface area (Å²) in [6.45, 7) is 2.23. The van der Waals surface area contributed by atoms with Crippen molar-refractivity contribution in [2.45, 2.75) is 6.10 Å². The van der Waals surface area contributed by atoms with Crippen molar-refractivity contribution in [1.82, 2.24) is 5.32 Å². The molecule has 0 bridgehead atoms. The molecule has 0 aliphatic heterocycles. The van der Waals surface area contributed by atoms with Crippen LogP contribution in [0.2, 0.25) is 0 Å². The van der Waals surface area contributed by atoms with E-state index in [4.69, 9.17) is 29.2 Å². The number of aliphatic hydroxyl groups excluding tert-OH is 1. The standard InChI is InChI=1S/C21H28N2O7.CH4O3S/c1-27-10-11-29-16-2-4-17(5-3-16)30-14-15(24)13-23-8-9-28-18-6-7-20(25)19(12-18)21(22)26;1-5(2,3)4/h2-7,12,15,23-25H,8-11,13-14H2,1H3,(H2,22,26);1H3,(H,2,3,4). The van der Waals surface area contributed by atoms with Crippen molar-refractivity contribution in [2.24, 2.45) is 5.73 Å². The second-order valence-electron chi connectivity index (χ2n) is 7.11. The molecule has 1 unspecified atom stereocenters. The summed E-state index contributed by atoms with van der Waals surface area (Å²) in [5.41, 5.74) is 5.18. The average Bonchev–Trinajstić information content (AvgIpc) is 2.78. The van der Waals surface area contributed by atoms with Crippen LogP contribution in [-0.4, -0.2) is 88.1 Å². The van der Waals surface area contributed by atoms with Gasteiger partial charge in [0.05, 0.1) is 18.4 Å². The number of rotatable bonds is 14. The maximum atomic E-state index is 11.2. The van der Waals surface area contributed by atoms with Crippen molar-refractivity contribution in [1.29, 1.82) is 0 Å². The third-order valence-corrected chi connectivity index (χ3v) is 3.98. The van der Waals surface area contributed by atoms with Crippen molar-refractivity contribution >= 4 is 16.0 Å². The van der Waals surface area contributed by atoms with Gasteiger partial charge in [0.15, 0.2) is 0 Å². The summed E-state index contributed by atoms with van der Waals surface area (Å²) in [4.78, 5) is 11.2. The minimum Gasteiger partial charge on any atom is -0.507 e. The van der Waals surface area contributed by atoms with Gasteiger partial charge in [-0.15, -0.1) is 0 Å². The predicted molar refractivity (Wildman–Crippen MR) is 128 cm³/mol. The topological polar surface area (TPSA) is 187 Å². The summed E-state index contributed by atoms with van der Waals surface area (Å²) in [5.74, 6) is 0.853. The van der Waals surface area contributed by atoms with Gasteiger partial charge in [0, 0.05) is 20.2 Å². The monoisotopic (exact) mass is 516 g/mol. The Morgan fingerprint density at radius 3 is 2.11 bits per heavy atom. The first-order chi connectivity index (χ1) is 16.5. The Morgan fingerprint density at radius 1 is 1.00 bits per heavy atom. The number of ether oxygens (including phenoxy) is 4. The van der Waals surface area contributed by atoms with Crippen molar-refractivity contribution in [3.63, 3.8) is 0 Å². The predicted octanol–water partition coefficient (Wildman–Crippen LogP) is 0.429. The number of benzene rings is 2. The quantitative estimate of drug-likeness (QED) is 0.173. The molecule has 1 atom stereocenters. The molecule has 2 aromatic carbocycles. The summed E-state index contributed by atoms with van der Waals surface area (Å²) < 4.78 is 47.3. The number of nitrogens with two attached hydrogens (primary N) is 1. The average molecular weight is 517 g/mol. The van der Waals surface area contributed by atoms with Crippen LogP contribution in [0.25, 0.3) is 0 Å². The molecule has 2 rings (SSSR count). The Balaban J connectivity index is 0.00000111. The minimum absolute atomic E-state index is 0.00241. The lowest BCUT2D eigenvalue weighted by Gasteiger charge is -2.14. The number of nitrogens with one attached hydrogen (secondary N) is 1. The lowest BCUT2D eigenvalue weighted by molar-refractivity contribution is 0.0996. The zero-order valence-electron chi connectivity index (χ0n) is 19.5. The van der Waals surface area contributed by atoms with E-state index >= 15 is 0 Å². The van der Waals surface area contributed by atoms with Crippen LogP contribution in [0, 0.1) is 0 Å². The second kappa shape index (κ2) is 15.7. The molecule has 0 aromatic heterocycles. The van der Waals surface area contributed by atoms with Gasteiger partial charge in [-0.25, -0.2) is 0 Å². The molecule has 35 heavy (non-hydrogen) atoms. The van der Waals surface area contributed by atoms with Crippen LogP contribution in [0.1, 0.15) is 10.4 Å². The largest absolute Gasteiger partial charge is 0.507 e. The Labute approximate surface area is 204 Å². The summed E-state index contributed by atoms with van der Waals surface area (Å²) in [6, 6.07) is 11.4. The number of methoxy groups -OCH3 is 1. The molecule has 0 radical (unpaired) electrons. The summed E-state index contributed by atoms with van der Waals surface area (Å²) >= 11 is 0. The van der Waals surface area contributed by atoms with Gasteiger partial charge in [0.25, 0.3) is 16.0 Å². The number of aliphatic hydroxyl groups is 1. The van der Waals surface area contributed by atoms with Gasteiger partial charge in [0.2, 0.25) is 0 Å². The molecule has 0 spiro atoms. The molecule has 6 N–H and O–H groups in total. The molecule has 0 saturated carbocycles. The fourth-order valence-electron chi connectivity index (χ4n) is 2.44. The smallest absolute Gasteiger partial charge is 0.261 e. The van der Waals surface area contributed by atoms with E-state index in [0.29, 0.717) is 50.7 Å². The van der Waals surface area contributed by atoms with E-state index in [2.05, 4.69) is 5.32 Å². The number of phenols is 1. The van der Waals surface area contributed by atoms with Crippen LogP contribution in [0.4, 0.5) is 0 Å². The number of hydrogen-bond donors (Lipinski definition) is 5. The Kier molecular flexibility index (Phi) is 13.5. The minimum atomic E-state index is -3.67. The number of primary amides is 1. The van der Waals surface area contributed by atoms with Gasteiger partial charge < -0.3 is 40.2 Å². The number of hydrogen-bond acceptors (Lipinski definition) is 10. The molecule has 0 saturated heterocycles. The molecule has 0 fully saturated rings. The van der Waals surface area contributed by atoms with Crippen LogP contribution in [-0.2, 0) is 14.9 Å². The van der Waals surface area contributed by atoms with Crippen LogP contribution in [0.3, 0.4) is 0 Å². The summed E-state index contributed by atoms with van der Waals surface area (Å²) in [6.07, 6.45) is 0.0188. The lowest BCUT2D eigenvalue weighted by atomic mass is 10.2. The first-order valence-electron chi connectivity index (χ1n) is 10.4. The molecule has 0 heterocycles. The highest BCUT2D eigenvalue weighted by Gasteiger charge is 2.09. The molecular weight excluding hydrogens is 484 g/mol. The maximum Gasteiger partial charge on any atom is 0.261 e. The van der Waals surface area contributed by atoms with E-state index in [-0.39, 0.29) is 17.9 Å². The highest BCUT2D eigenvalue weighted by atomic mass is 32.2. The van der Waals surface area contributed by atoms with E-state index in [1.54, 1.807) is 37.4 Å². The molecule has 2 aromatic rings. The molecule has 196 valence electrons. The molecule has 12 nitrogen and oxygen atoms in total. The number of carbonyl (C=O) groups excluding carboxylic acids is 1. The Morgan fingerprint density at radius 2 is 1.54 bits per heavy atom. The van der Waals surface area contributed by atoms with Gasteiger partial charge in [-0.05, 0) is 42.5 Å². The van der Waals surface area contributed by atoms with E-state index in [0.717, 1.165) is 5.75 Å². The fourth-order valence-corrected chi connectivity index (χ4v) is 2.44. The lowest BCUT2D eigenvalue weighted by Crippen LogP contribution is -2.33. The third-order valence-electron chi connectivity index (χ3n) is 3.98. The van der Waals surface area contributed by atoms with Gasteiger partial charge >= 0.3 is 0 Å². The van der Waals surface area contributed by atoms with Crippen LogP contribution < -0.4 is 25.3 Å². The van der Waals surface area contributed by atoms with Gasteiger partial charge in [-0.3, -0.25) is 9.35 Å². The maximum absolute atomic E-state index is 11.2. The molecule has 0 aliphatic rings. The highest BCUT2D eigenvalue weighted by Crippen LogP contribution is 2.22.